The molecule has 12 heteroatoms. The Labute approximate surface area is 229 Å². The van der Waals surface area contributed by atoms with Crippen LogP contribution in [0.4, 0.5) is 18.9 Å². The molecule has 2 aliphatic rings. The van der Waals surface area contributed by atoms with Crippen LogP contribution >= 0.6 is 34.5 Å². The third kappa shape index (κ3) is 4.76. The van der Waals surface area contributed by atoms with Crippen molar-refractivity contribution in [1.82, 2.24) is 0 Å². The van der Waals surface area contributed by atoms with Gasteiger partial charge in [-0.2, -0.15) is 13.2 Å². The Bertz CT molecular complexity index is 1450. The fraction of sp³-hybridized carbons (Fsp3) is 0.269. The molecule has 0 bridgehead atoms. The number of primary amides is 1. The Morgan fingerprint density at radius 3 is 2.26 bits per heavy atom. The predicted octanol–water partition coefficient (Wildman–Crippen LogP) is 6.87. The highest BCUT2D eigenvalue weighted by Crippen LogP contribution is 2.51. The van der Waals surface area contributed by atoms with Crippen molar-refractivity contribution in [1.29, 1.82) is 0 Å². The Balaban J connectivity index is 1.48. The van der Waals surface area contributed by atoms with Crippen molar-refractivity contribution >= 4 is 57.8 Å². The number of hydrogen-bond acceptors (Lipinski definition) is 5. The maximum atomic E-state index is 14.5. The molecule has 1 aliphatic heterocycles. The average molecular weight is 582 g/mol. The number of benzene rings is 2. The van der Waals surface area contributed by atoms with Crippen LogP contribution in [0.1, 0.15) is 60.9 Å². The number of oxime groups is 1. The topological polar surface area (TPSA) is 93.8 Å². The van der Waals surface area contributed by atoms with Gasteiger partial charge in [-0.1, -0.05) is 28.4 Å². The number of carbonyl (C=O) groups excluding carboxylic acids is 2. The minimum absolute atomic E-state index is 0.0458. The lowest BCUT2D eigenvalue weighted by Gasteiger charge is -2.29. The summed E-state index contributed by atoms with van der Waals surface area (Å²) in [6.45, 7) is 0. The van der Waals surface area contributed by atoms with Crippen LogP contribution in [0.25, 0.3) is 0 Å². The van der Waals surface area contributed by atoms with Gasteiger partial charge in [-0.25, -0.2) is 0 Å². The highest BCUT2D eigenvalue weighted by Gasteiger charge is 2.62. The normalized spacial score (nSPS) is 18.9. The molecule has 2 amide bonds. The molecule has 2 aromatic carbocycles. The number of fused-ring (bicyclic) bond motifs is 1. The Hall–Kier alpha value is -3.08. The maximum absolute atomic E-state index is 14.5. The summed E-state index contributed by atoms with van der Waals surface area (Å²) in [7, 11) is 0. The lowest BCUT2D eigenvalue weighted by atomic mass is 9.85. The summed E-state index contributed by atoms with van der Waals surface area (Å²) in [4.78, 5) is 30.6. The van der Waals surface area contributed by atoms with Crippen LogP contribution < -0.4 is 11.1 Å². The minimum atomic E-state index is -4.82. The van der Waals surface area contributed by atoms with Gasteiger partial charge in [0.15, 0.2) is 0 Å². The maximum Gasteiger partial charge on any atom is 0.435 e. The minimum Gasteiger partial charge on any atom is -0.374 e. The van der Waals surface area contributed by atoms with E-state index in [-0.39, 0.29) is 21.3 Å². The Morgan fingerprint density at radius 1 is 1.03 bits per heavy atom. The number of halogens is 5. The number of nitrogens with one attached hydrogen (secondary N) is 1. The van der Waals surface area contributed by atoms with E-state index in [1.165, 1.54) is 30.3 Å². The molecule has 1 unspecified atom stereocenters. The molecule has 2 heterocycles. The van der Waals surface area contributed by atoms with Gasteiger partial charge >= 0.3 is 6.18 Å². The molecule has 0 saturated carbocycles. The first kappa shape index (κ1) is 26.5. The van der Waals surface area contributed by atoms with Crippen molar-refractivity contribution in [2.24, 2.45) is 10.9 Å². The number of alkyl halides is 3. The summed E-state index contributed by atoms with van der Waals surface area (Å²) >= 11 is 13.1. The van der Waals surface area contributed by atoms with Crippen molar-refractivity contribution in [2.75, 3.05) is 5.32 Å². The number of hydrogen-bond donors (Lipinski definition) is 2. The van der Waals surface area contributed by atoms with E-state index in [0.29, 0.717) is 33.8 Å². The van der Waals surface area contributed by atoms with E-state index in [0.717, 1.165) is 35.3 Å². The molecule has 198 valence electrons. The van der Waals surface area contributed by atoms with Gasteiger partial charge in [0.1, 0.15) is 5.71 Å². The summed E-state index contributed by atoms with van der Waals surface area (Å²) in [6, 6.07) is 9.80. The second-order valence-electron chi connectivity index (χ2n) is 9.11. The molecule has 6 nitrogen and oxygen atoms in total. The van der Waals surface area contributed by atoms with Gasteiger partial charge in [0.2, 0.25) is 5.91 Å². The number of amides is 2. The number of nitrogens with zero attached hydrogens (tertiary/aromatic N) is 1. The van der Waals surface area contributed by atoms with Gasteiger partial charge < -0.3 is 15.9 Å². The zero-order valence-corrected chi connectivity index (χ0v) is 22.0. The summed E-state index contributed by atoms with van der Waals surface area (Å²) in [5, 5.41) is 6.79. The summed E-state index contributed by atoms with van der Waals surface area (Å²) in [5.74, 6) is -0.983. The zero-order chi connectivity index (χ0) is 27.2. The predicted molar refractivity (Wildman–Crippen MR) is 140 cm³/mol. The lowest BCUT2D eigenvalue weighted by Crippen LogP contribution is -2.42. The largest absolute Gasteiger partial charge is 0.435 e. The standard InChI is InChI=1S/C26H20Cl2F3N3O3S/c27-15-9-14(10-16(28)11-15)25(26(29,30)31)12-20(34-37-25)21-18-3-1-2-4-19(18)22(38-21)24(36)33-17-7-5-13(6-8-17)23(32)35/h5-11H,1-4,12H2,(H2,32,35)(H,33,36). The first-order valence-electron chi connectivity index (χ1n) is 11.6. The molecule has 1 aliphatic carbocycles. The van der Waals surface area contributed by atoms with Crippen LogP contribution in [0.15, 0.2) is 47.6 Å². The summed E-state index contributed by atoms with van der Waals surface area (Å²) < 4.78 is 43.4. The van der Waals surface area contributed by atoms with E-state index in [1.54, 1.807) is 12.1 Å². The van der Waals surface area contributed by atoms with Gasteiger partial charge in [0.05, 0.1) is 16.2 Å². The SMILES string of the molecule is NC(=O)c1ccc(NC(=O)c2sc(C3=NOC(c4cc(Cl)cc(Cl)c4)(C(F)(F)F)C3)c3c2CCCC3)cc1. The van der Waals surface area contributed by atoms with Crippen molar-refractivity contribution in [3.63, 3.8) is 0 Å². The number of rotatable bonds is 5. The number of nitrogens with two attached hydrogens (primary N) is 1. The van der Waals surface area contributed by atoms with Crippen LogP contribution in [-0.2, 0) is 23.3 Å². The second-order valence-corrected chi connectivity index (χ2v) is 11.0. The molecule has 3 aromatic rings. The molecule has 0 radical (unpaired) electrons. The zero-order valence-electron chi connectivity index (χ0n) is 19.6. The molecule has 3 N–H and O–H groups in total. The van der Waals surface area contributed by atoms with E-state index in [2.05, 4.69) is 10.5 Å². The molecule has 0 saturated heterocycles. The molecule has 1 aromatic heterocycles. The smallest absolute Gasteiger partial charge is 0.374 e. The Kier molecular flexibility index (Phi) is 6.91. The lowest BCUT2D eigenvalue weighted by molar-refractivity contribution is -0.275. The molecule has 1 atom stereocenters. The second kappa shape index (κ2) is 9.91. The first-order chi connectivity index (χ1) is 18.0. The fourth-order valence-corrected chi connectivity index (χ4v) is 6.56. The molecule has 0 spiro atoms. The Morgan fingerprint density at radius 2 is 1.66 bits per heavy atom. The molecule has 5 rings (SSSR count). The van der Waals surface area contributed by atoms with Crippen LogP contribution in [-0.4, -0.2) is 23.7 Å². The van der Waals surface area contributed by atoms with Crippen molar-refractivity contribution in [3.05, 3.63) is 84.5 Å². The van der Waals surface area contributed by atoms with Gasteiger partial charge in [-0.05, 0) is 79.3 Å². The molecule has 0 fully saturated rings. The van der Waals surface area contributed by atoms with Gasteiger partial charge in [-0.15, -0.1) is 11.3 Å². The van der Waals surface area contributed by atoms with Gasteiger partial charge in [0.25, 0.3) is 11.5 Å². The van der Waals surface area contributed by atoms with Crippen molar-refractivity contribution in [3.8, 4) is 0 Å². The van der Waals surface area contributed by atoms with Crippen molar-refractivity contribution < 1.29 is 27.6 Å². The van der Waals surface area contributed by atoms with Crippen LogP contribution in [0.2, 0.25) is 10.0 Å². The van der Waals surface area contributed by atoms with Crippen molar-refractivity contribution in [2.45, 2.75) is 43.9 Å². The third-order valence-electron chi connectivity index (χ3n) is 6.63. The molecular weight excluding hydrogens is 562 g/mol. The van der Waals surface area contributed by atoms with Crippen LogP contribution in [0.5, 0.6) is 0 Å². The monoisotopic (exact) mass is 581 g/mol. The van der Waals surface area contributed by atoms with Gasteiger partial charge in [0, 0.05) is 26.9 Å². The average Bonchev–Trinajstić information content (AvgIpc) is 3.47. The van der Waals surface area contributed by atoms with E-state index >= 15 is 0 Å². The number of carbonyl (C=O) groups is 2. The molecule has 38 heavy (non-hydrogen) atoms. The summed E-state index contributed by atoms with van der Waals surface area (Å²) in [6.07, 6.45) is -2.47. The van der Waals surface area contributed by atoms with E-state index < -0.39 is 30.0 Å². The number of thiophene rings is 1. The highest BCUT2D eigenvalue weighted by molar-refractivity contribution is 7.16. The van der Waals surface area contributed by atoms with Gasteiger partial charge in [-0.3, -0.25) is 9.59 Å². The third-order valence-corrected chi connectivity index (χ3v) is 8.39. The van der Waals surface area contributed by atoms with E-state index in [4.69, 9.17) is 33.8 Å². The number of anilines is 1. The molecular formula is C26H20Cl2F3N3O3S. The van der Waals surface area contributed by atoms with Crippen LogP contribution in [0, 0.1) is 0 Å². The summed E-state index contributed by atoms with van der Waals surface area (Å²) in [5.41, 5.74) is 4.75. The fourth-order valence-electron chi connectivity index (χ4n) is 4.77. The first-order valence-corrected chi connectivity index (χ1v) is 13.2. The highest BCUT2D eigenvalue weighted by atomic mass is 35.5. The van der Waals surface area contributed by atoms with E-state index in [1.807, 2.05) is 0 Å². The van der Waals surface area contributed by atoms with Crippen LogP contribution in [0.3, 0.4) is 0 Å². The quantitative estimate of drug-likeness (QED) is 0.344. The van der Waals surface area contributed by atoms with E-state index in [9.17, 15) is 22.8 Å².